The molecule has 0 fully saturated rings. The van der Waals surface area contributed by atoms with E-state index in [1.165, 1.54) is 27.4 Å². The third-order valence-electron chi connectivity index (χ3n) is 4.08. The highest BCUT2D eigenvalue weighted by Crippen LogP contribution is 2.50. The highest BCUT2D eigenvalue weighted by atomic mass is 16.8. The number of benzene rings is 1. The zero-order valence-corrected chi connectivity index (χ0v) is 13.4. The van der Waals surface area contributed by atoms with Gasteiger partial charge in [0, 0.05) is 26.4 Å². The van der Waals surface area contributed by atoms with Crippen LogP contribution in [0.1, 0.15) is 6.42 Å². The van der Waals surface area contributed by atoms with Crippen LogP contribution in [0.2, 0.25) is 0 Å². The summed E-state index contributed by atoms with van der Waals surface area (Å²) >= 11 is 0. The number of rotatable bonds is 4. The summed E-state index contributed by atoms with van der Waals surface area (Å²) in [5.41, 5.74) is 0. The molecular formula is C16H18O7. The number of ether oxygens (including phenoxy) is 6. The van der Waals surface area contributed by atoms with Crippen molar-refractivity contribution >= 4 is 5.78 Å². The minimum atomic E-state index is -1.74. The maximum atomic E-state index is 12.7. The monoisotopic (exact) mass is 322 g/mol. The van der Waals surface area contributed by atoms with E-state index in [2.05, 4.69) is 0 Å². The molecule has 1 heterocycles. The lowest BCUT2D eigenvalue weighted by atomic mass is 9.89. The van der Waals surface area contributed by atoms with Gasteiger partial charge in [-0.1, -0.05) is 0 Å². The first kappa shape index (κ1) is 15.6. The summed E-state index contributed by atoms with van der Waals surface area (Å²) in [5, 5.41) is 0. The Kier molecular flexibility index (Phi) is 3.69. The first-order chi connectivity index (χ1) is 11.0. The van der Waals surface area contributed by atoms with Gasteiger partial charge in [0.1, 0.15) is 11.5 Å². The highest BCUT2D eigenvalue weighted by molar-refractivity contribution is 5.99. The second-order valence-electron chi connectivity index (χ2n) is 5.15. The van der Waals surface area contributed by atoms with Crippen LogP contribution in [0.5, 0.6) is 17.2 Å². The third kappa shape index (κ3) is 2.08. The first-order valence-electron chi connectivity index (χ1n) is 6.99. The van der Waals surface area contributed by atoms with Crippen LogP contribution < -0.4 is 14.2 Å². The molecule has 7 nitrogen and oxygen atoms in total. The molecule has 1 aromatic rings. The number of hydrogen-bond donors (Lipinski definition) is 0. The lowest BCUT2D eigenvalue weighted by Crippen LogP contribution is -2.70. The van der Waals surface area contributed by atoms with Gasteiger partial charge in [0.15, 0.2) is 11.5 Å². The first-order valence-corrected chi connectivity index (χ1v) is 6.99. The van der Waals surface area contributed by atoms with Gasteiger partial charge in [0.2, 0.25) is 5.78 Å². The summed E-state index contributed by atoms with van der Waals surface area (Å²) in [5.74, 6) is -1.94. The molecular weight excluding hydrogens is 304 g/mol. The Morgan fingerprint density at radius 1 is 1.00 bits per heavy atom. The zero-order chi connectivity index (χ0) is 16.7. The van der Waals surface area contributed by atoms with E-state index < -0.39 is 17.4 Å². The van der Waals surface area contributed by atoms with Gasteiger partial charge in [-0.3, -0.25) is 4.79 Å². The minimum absolute atomic E-state index is 0.149. The molecule has 3 rings (SSSR count). The highest BCUT2D eigenvalue weighted by Gasteiger charge is 2.68. The van der Waals surface area contributed by atoms with E-state index in [9.17, 15) is 4.79 Å². The van der Waals surface area contributed by atoms with E-state index in [-0.39, 0.29) is 6.42 Å². The van der Waals surface area contributed by atoms with Crippen LogP contribution in [-0.2, 0) is 19.0 Å². The Balaban J connectivity index is 2.15. The molecule has 0 radical (unpaired) electrons. The predicted molar refractivity (Wildman–Crippen MR) is 78.4 cm³/mol. The molecule has 0 amide bonds. The molecule has 0 aromatic heterocycles. The maximum absolute atomic E-state index is 12.7. The number of methoxy groups -OCH3 is 4. The van der Waals surface area contributed by atoms with Crippen molar-refractivity contribution < 1.29 is 33.2 Å². The van der Waals surface area contributed by atoms with Crippen LogP contribution in [0.15, 0.2) is 30.0 Å². The molecule has 0 spiro atoms. The van der Waals surface area contributed by atoms with E-state index >= 15 is 0 Å². The lowest BCUT2D eigenvalue weighted by molar-refractivity contribution is -0.343. The Morgan fingerprint density at radius 2 is 1.78 bits per heavy atom. The van der Waals surface area contributed by atoms with Crippen LogP contribution in [0, 0.1) is 0 Å². The average molecular weight is 322 g/mol. The molecule has 0 saturated heterocycles. The van der Waals surface area contributed by atoms with Gasteiger partial charge >= 0.3 is 5.79 Å². The molecule has 0 unspecified atom stereocenters. The van der Waals surface area contributed by atoms with Gasteiger partial charge < -0.3 is 28.4 Å². The predicted octanol–water partition coefficient (Wildman–Crippen LogP) is 1.65. The summed E-state index contributed by atoms with van der Waals surface area (Å²) < 4.78 is 33.3. The third-order valence-corrected chi connectivity index (χ3v) is 4.08. The fourth-order valence-corrected chi connectivity index (χ4v) is 2.85. The maximum Gasteiger partial charge on any atom is 0.342 e. The molecule has 0 N–H and O–H groups in total. The average Bonchev–Trinajstić information content (AvgIpc) is 2.59. The minimum Gasteiger partial charge on any atom is -0.501 e. The molecule has 7 heteroatoms. The summed E-state index contributed by atoms with van der Waals surface area (Å²) in [4.78, 5) is 12.7. The molecule has 1 aromatic carbocycles. The van der Waals surface area contributed by atoms with E-state index in [4.69, 9.17) is 28.4 Å². The molecule has 2 atom stereocenters. The Hall–Kier alpha value is -2.25. The van der Waals surface area contributed by atoms with Gasteiger partial charge in [-0.15, -0.1) is 0 Å². The van der Waals surface area contributed by atoms with Crippen molar-refractivity contribution in [2.24, 2.45) is 0 Å². The second-order valence-corrected chi connectivity index (χ2v) is 5.15. The van der Waals surface area contributed by atoms with Gasteiger partial charge in [-0.25, -0.2) is 0 Å². The quantitative estimate of drug-likeness (QED) is 0.834. The zero-order valence-electron chi connectivity index (χ0n) is 13.4. The van der Waals surface area contributed by atoms with Crippen molar-refractivity contribution in [1.82, 2.24) is 0 Å². The number of ketones is 1. The molecule has 124 valence electrons. The molecule has 1 aliphatic carbocycles. The second kappa shape index (κ2) is 5.43. The van der Waals surface area contributed by atoms with Crippen LogP contribution in [0.4, 0.5) is 0 Å². The molecule has 0 saturated carbocycles. The number of fused-ring (bicyclic) bond motifs is 2. The lowest BCUT2D eigenvalue weighted by Gasteiger charge is -2.50. The molecule has 0 bridgehead atoms. The van der Waals surface area contributed by atoms with Crippen LogP contribution in [0.25, 0.3) is 0 Å². The van der Waals surface area contributed by atoms with Crippen molar-refractivity contribution in [3.8, 4) is 17.2 Å². The van der Waals surface area contributed by atoms with Gasteiger partial charge in [0.25, 0.3) is 5.79 Å². The van der Waals surface area contributed by atoms with Crippen molar-refractivity contribution in [1.29, 1.82) is 0 Å². The number of carbonyl (C=O) groups is 1. The van der Waals surface area contributed by atoms with Crippen LogP contribution >= 0.6 is 0 Å². The number of hydrogen-bond acceptors (Lipinski definition) is 7. The summed E-state index contributed by atoms with van der Waals surface area (Å²) in [6.07, 6.45) is 1.48. The van der Waals surface area contributed by atoms with Crippen LogP contribution in [0.3, 0.4) is 0 Å². The molecule has 1 aliphatic heterocycles. The summed E-state index contributed by atoms with van der Waals surface area (Å²) in [6, 6.07) is 5.01. The fourth-order valence-electron chi connectivity index (χ4n) is 2.85. The smallest absolute Gasteiger partial charge is 0.342 e. The van der Waals surface area contributed by atoms with Crippen molar-refractivity contribution in [2.75, 3.05) is 28.4 Å². The normalized spacial score (nSPS) is 28.7. The standard InChI is InChI=1S/C16H18O7/c1-18-10-5-6-12-13(7-10)22-15(20-3)9-11(19-2)8-14(17)16(15,21-4)23-12/h5-8H,9H2,1-4H3/t15-,16-/m1/s1. The van der Waals surface area contributed by atoms with E-state index in [1.54, 1.807) is 25.3 Å². The van der Waals surface area contributed by atoms with E-state index in [0.717, 1.165) is 0 Å². The van der Waals surface area contributed by atoms with Crippen molar-refractivity contribution in [3.63, 3.8) is 0 Å². The Bertz CT molecular complexity index is 668. The van der Waals surface area contributed by atoms with Crippen LogP contribution in [-0.4, -0.2) is 45.8 Å². The largest absolute Gasteiger partial charge is 0.501 e. The number of carbonyl (C=O) groups excluding carboxylic acids is 1. The van der Waals surface area contributed by atoms with Gasteiger partial charge in [-0.2, -0.15) is 0 Å². The van der Waals surface area contributed by atoms with Crippen molar-refractivity contribution in [3.05, 3.63) is 30.0 Å². The van der Waals surface area contributed by atoms with E-state index in [0.29, 0.717) is 23.0 Å². The van der Waals surface area contributed by atoms with E-state index in [1.807, 2.05) is 0 Å². The topological polar surface area (TPSA) is 72.5 Å². The SMILES string of the molecule is COC1=CC(=O)[C@@]2(OC)Oc3ccc(OC)cc3O[C@]2(OC)C1. The van der Waals surface area contributed by atoms with Gasteiger partial charge in [-0.05, 0) is 12.1 Å². The Labute approximate surface area is 133 Å². The fraction of sp³-hybridized carbons (Fsp3) is 0.438. The summed E-state index contributed by atoms with van der Waals surface area (Å²) in [6.45, 7) is 0. The Morgan fingerprint density at radius 3 is 2.39 bits per heavy atom. The summed E-state index contributed by atoms with van der Waals surface area (Å²) in [7, 11) is 5.82. The van der Waals surface area contributed by atoms with Gasteiger partial charge in [0.05, 0.1) is 20.6 Å². The molecule has 23 heavy (non-hydrogen) atoms. The van der Waals surface area contributed by atoms with Crippen molar-refractivity contribution in [2.45, 2.75) is 18.0 Å². The molecule has 2 aliphatic rings.